The van der Waals surface area contributed by atoms with Crippen molar-refractivity contribution in [3.63, 3.8) is 0 Å². The number of ether oxygens (including phenoxy) is 1. The van der Waals surface area contributed by atoms with E-state index in [1.165, 1.54) is 11.3 Å². The summed E-state index contributed by atoms with van der Waals surface area (Å²) in [6.07, 6.45) is 2.91. The first-order valence-corrected chi connectivity index (χ1v) is 8.19. The number of hydrogen-bond acceptors (Lipinski definition) is 5. The van der Waals surface area contributed by atoms with Crippen molar-refractivity contribution in [2.75, 3.05) is 12.4 Å². The van der Waals surface area contributed by atoms with Crippen LogP contribution in [0.15, 0.2) is 47.5 Å². The number of methoxy groups -OCH3 is 1. The van der Waals surface area contributed by atoms with Gasteiger partial charge in [0.05, 0.1) is 12.7 Å². The first-order valence-electron chi connectivity index (χ1n) is 7.31. The number of nitriles is 1. The second kappa shape index (κ2) is 6.67. The molecule has 23 heavy (non-hydrogen) atoms. The van der Waals surface area contributed by atoms with Crippen LogP contribution in [0.5, 0.6) is 5.75 Å². The number of thiophene rings is 1. The molecule has 4 nitrogen and oxygen atoms in total. The molecule has 116 valence electrons. The Balaban J connectivity index is 1.78. The third kappa shape index (κ3) is 3.43. The molecule has 2 aromatic rings. The number of allylic oxidation sites excluding steroid dienone is 2. The predicted molar refractivity (Wildman–Crippen MR) is 90.7 cm³/mol. The van der Waals surface area contributed by atoms with Gasteiger partial charge in [-0.1, -0.05) is 12.1 Å². The fourth-order valence-corrected chi connectivity index (χ4v) is 3.50. The molecule has 0 aliphatic heterocycles. The third-order valence-corrected chi connectivity index (χ3v) is 4.73. The first kappa shape index (κ1) is 15.3. The molecule has 1 heterocycles. The summed E-state index contributed by atoms with van der Waals surface area (Å²) in [5.74, 6) is 1.06. The molecule has 1 aliphatic carbocycles. The molecule has 0 amide bonds. The van der Waals surface area contributed by atoms with E-state index in [0.717, 1.165) is 28.4 Å². The van der Waals surface area contributed by atoms with E-state index < -0.39 is 0 Å². The molecule has 1 aromatic heterocycles. The van der Waals surface area contributed by atoms with Crippen LogP contribution in [0.25, 0.3) is 0 Å². The van der Waals surface area contributed by atoms with Gasteiger partial charge >= 0.3 is 0 Å². The summed E-state index contributed by atoms with van der Waals surface area (Å²) < 4.78 is 5.17. The third-order valence-electron chi connectivity index (χ3n) is 3.90. The minimum atomic E-state index is 0.106. The summed E-state index contributed by atoms with van der Waals surface area (Å²) in [7, 11) is 1.64. The second-order valence-corrected chi connectivity index (χ2v) is 6.33. The normalized spacial score (nSPS) is 17.3. The number of benzene rings is 1. The summed E-state index contributed by atoms with van der Waals surface area (Å²) in [6.45, 7) is 0. The average molecular weight is 324 g/mol. The molecule has 1 aliphatic rings. The number of hydrogen-bond donors (Lipinski definition) is 1. The fourth-order valence-electron chi connectivity index (χ4n) is 2.73. The van der Waals surface area contributed by atoms with E-state index in [4.69, 9.17) is 10.00 Å². The lowest BCUT2D eigenvalue weighted by Crippen LogP contribution is -2.16. The van der Waals surface area contributed by atoms with Crippen LogP contribution in [0.4, 0.5) is 5.00 Å². The standard InChI is InChI=1S/C18H16N2O2S/c1-22-17-4-2-12(3-5-17)14-8-15(10-16(21)9-14)20-18-13(11-19)6-7-23-18/h2-7,10,14,20H,8-9H2,1H3. The number of carbonyl (C=O) groups excluding carboxylic acids is 1. The van der Waals surface area contributed by atoms with E-state index >= 15 is 0 Å². The Morgan fingerprint density at radius 2 is 2.04 bits per heavy atom. The molecule has 3 rings (SSSR count). The monoisotopic (exact) mass is 324 g/mol. The van der Waals surface area contributed by atoms with Crippen molar-refractivity contribution in [3.8, 4) is 11.8 Å². The van der Waals surface area contributed by atoms with Gasteiger partial charge in [0.2, 0.25) is 0 Å². The molecule has 0 spiro atoms. The van der Waals surface area contributed by atoms with Crippen molar-refractivity contribution in [2.24, 2.45) is 0 Å². The topological polar surface area (TPSA) is 62.1 Å². The SMILES string of the molecule is COc1ccc(C2CC(=O)C=C(Nc3sccc3C#N)C2)cc1. The van der Waals surface area contributed by atoms with Gasteiger partial charge in [0.1, 0.15) is 16.8 Å². The molecular formula is C18H16N2O2S. The second-order valence-electron chi connectivity index (χ2n) is 5.41. The Morgan fingerprint density at radius 3 is 2.74 bits per heavy atom. The van der Waals surface area contributed by atoms with E-state index in [-0.39, 0.29) is 11.7 Å². The van der Waals surface area contributed by atoms with Gasteiger partial charge < -0.3 is 10.1 Å². The van der Waals surface area contributed by atoms with E-state index in [2.05, 4.69) is 11.4 Å². The summed E-state index contributed by atoms with van der Waals surface area (Å²) in [5, 5.41) is 15.0. The van der Waals surface area contributed by atoms with Crippen LogP contribution < -0.4 is 10.1 Å². The zero-order chi connectivity index (χ0) is 16.2. The Kier molecular flexibility index (Phi) is 4.45. The predicted octanol–water partition coefficient (Wildman–Crippen LogP) is 4.07. The maximum Gasteiger partial charge on any atom is 0.158 e. The van der Waals surface area contributed by atoms with Crippen LogP contribution in [0.3, 0.4) is 0 Å². The number of anilines is 1. The minimum absolute atomic E-state index is 0.106. The van der Waals surface area contributed by atoms with Gasteiger partial charge in [0.25, 0.3) is 0 Å². The molecule has 1 N–H and O–H groups in total. The average Bonchev–Trinajstić information content (AvgIpc) is 3.01. The Morgan fingerprint density at radius 1 is 1.26 bits per heavy atom. The van der Waals surface area contributed by atoms with E-state index in [1.54, 1.807) is 19.3 Å². The quantitative estimate of drug-likeness (QED) is 0.921. The maximum absolute atomic E-state index is 12.1. The van der Waals surface area contributed by atoms with Crippen LogP contribution in [-0.2, 0) is 4.79 Å². The van der Waals surface area contributed by atoms with Gasteiger partial charge in [-0.05, 0) is 41.5 Å². The van der Waals surface area contributed by atoms with Crippen LogP contribution in [-0.4, -0.2) is 12.9 Å². The number of carbonyl (C=O) groups is 1. The summed E-state index contributed by atoms with van der Waals surface area (Å²) in [4.78, 5) is 12.1. The molecule has 0 bridgehead atoms. The summed E-state index contributed by atoms with van der Waals surface area (Å²) >= 11 is 1.47. The van der Waals surface area contributed by atoms with Gasteiger partial charge in [0.15, 0.2) is 5.78 Å². The first-order chi connectivity index (χ1) is 11.2. The van der Waals surface area contributed by atoms with Gasteiger partial charge in [-0.15, -0.1) is 11.3 Å². The van der Waals surface area contributed by atoms with Crippen molar-refractivity contribution in [2.45, 2.75) is 18.8 Å². The van der Waals surface area contributed by atoms with E-state index in [9.17, 15) is 4.79 Å². The lowest BCUT2D eigenvalue weighted by atomic mass is 9.85. The van der Waals surface area contributed by atoms with E-state index in [0.29, 0.717) is 12.0 Å². The largest absolute Gasteiger partial charge is 0.497 e. The summed E-state index contributed by atoms with van der Waals surface area (Å²) in [5.41, 5.74) is 2.59. The molecule has 0 saturated carbocycles. The number of rotatable bonds is 4. The molecule has 0 radical (unpaired) electrons. The number of nitrogens with zero attached hydrogens (tertiary/aromatic N) is 1. The molecule has 1 aromatic carbocycles. The van der Waals surface area contributed by atoms with Crippen molar-refractivity contribution in [1.82, 2.24) is 0 Å². The minimum Gasteiger partial charge on any atom is -0.497 e. The van der Waals surface area contributed by atoms with Gasteiger partial charge in [-0.2, -0.15) is 5.26 Å². The number of nitrogens with one attached hydrogen (secondary N) is 1. The molecule has 1 atom stereocenters. The lowest BCUT2D eigenvalue weighted by Gasteiger charge is -2.23. The molecule has 1 unspecified atom stereocenters. The highest BCUT2D eigenvalue weighted by Gasteiger charge is 2.23. The zero-order valence-corrected chi connectivity index (χ0v) is 13.5. The van der Waals surface area contributed by atoms with Crippen molar-refractivity contribution >= 4 is 22.1 Å². The summed E-state index contributed by atoms with van der Waals surface area (Å²) in [6, 6.07) is 11.8. The number of ketones is 1. The van der Waals surface area contributed by atoms with Gasteiger partial charge in [-0.3, -0.25) is 4.79 Å². The van der Waals surface area contributed by atoms with Crippen molar-refractivity contribution in [3.05, 3.63) is 58.6 Å². The molecule has 0 saturated heterocycles. The smallest absolute Gasteiger partial charge is 0.158 e. The molecule has 5 heteroatoms. The molecule has 0 fully saturated rings. The van der Waals surface area contributed by atoms with Gasteiger partial charge in [0, 0.05) is 18.2 Å². The Bertz CT molecular complexity index is 784. The van der Waals surface area contributed by atoms with E-state index in [1.807, 2.05) is 29.6 Å². The Labute approximate surface area is 139 Å². The zero-order valence-electron chi connectivity index (χ0n) is 12.7. The highest BCUT2D eigenvalue weighted by Crippen LogP contribution is 2.34. The van der Waals surface area contributed by atoms with Crippen LogP contribution in [0, 0.1) is 11.3 Å². The highest BCUT2D eigenvalue weighted by molar-refractivity contribution is 7.14. The maximum atomic E-state index is 12.1. The van der Waals surface area contributed by atoms with Gasteiger partial charge in [-0.25, -0.2) is 0 Å². The molecular weight excluding hydrogens is 308 g/mol. The fraction of sp³-hybridized carbons (Fsp3) is 0.222. The van der Waals surface area contributed by atoms with Crippen molar-refractivity contribution < 1.29 is 9.53 Å². The lowest BCUT2D eigenvalue weighted by molar-refractivity contribution is -0.115. The Hall–Kier alpha value is -2.58. The van der Waals surface area contributed by atoms with Crippen LogP contribution in [0.1, 0.15) is 29.9 Å². The van der Waals surface area contributed by atoms with Crippen LogP contribution >= 0.6 is 11.3 Å². The van der Waals surface area contributed by atoms with Crippen LogP contribution in [0.2, 0.25) is 0 Å². The van der Waals surface area contributed by atoms with Crippen molar-refractivity contribution in [1.29, 1.82) is 5.26 Å². The highest BCUT2D eigenvalue weighted by atomic mass is 32.1.